The van der Waals surface area contributed by atoms with Crippen molar-refractivity contribution in [2.75, 3.05) is 19.7 Å². The molecule has 98 valence electrons. The summed E-state index contributed by atoms with van der Waals surface area (Å²) in [6.45, 7) is 1.80. The number of carbonyl (C=O) groups is 1. The van der Waals surface area contributed by atoms with Crippen LogP contribution < -0.4 is 5.73 Å². The zero-order valence-electron chi connectivity index (χ0n) is 10.1. The van der Waals surface area contributed by atoms with Crippen LogP contribution in [0.3, 0.4) is 0 Å². The molecule has 0 saturated carbocycles. The van der Waals surface area contributed by atoms with Gasteiger partial charge in [0, 0.05) is 24.2 Å². The number of hydrogen-bond donors (Lipinski definition) is 1. The Labute approximate surface area is 112 Å². The van der Waals surface area contributed by atoms with E-state index in [0.29, 0.717) is 18.2 Å². The van der Waals surface area contributed by atoms with Gasteiger partial charge in [0.25, 0.3) is 0 Å². The topological polar surface area (TPSA) is 55.6 Å². The number of amides is 1. The number of hydrogen-bond acceptors (Lipinski definition) is 3. The minimum absolute atomic E-state index is 0.00463. The number of halogens is 1. The molecule has 1 heterocycles. The van der Waals surface area contributed by atoms with Crippen molar-refractivity contribution in [1.82, 2.24) is 4.90 Å². The lowest BCUT2D eigenvalue weighted by Gasteiger charge is -2.15. The van der Waals surface area contributed by atoms with Crippen molar-refractivity contribution in [3.05, 3.63) is 34.9 Å². The number of nitrogens with two attached hydrogens (primary N) is 1. The van der Waals surface area contributed by atoms with Gasteiger partial charge < -0.3 is 15.4 Å². The largest absolute Gasteiger partial charge is 0.367 e. The smallest absolute Gasteiger partial charge is 0.248 e. The van der Waals surface area contributed by atoms with Crippen LogP contribution in [0.2, 0.25) is 5.02 Å². The molecule has 0 radical (unpaired) electrons. The summed E-state index contributed by atoms with van der Waals surface area (Å²) in [6.07, 6.45) is 0.871. The van der Waals surface area contributed by atoms with Crippen LogP contribution in [0.4, 0.5) is 0 Å². The van der Waals surface area contributed by atoms with Crippen molar-refractivity contribution in [2.24, 2.45) is 5.73 Å². The molecule has 1 aliphatic rings. The molecule has 2 rings (SSSR count). The number of likely N-dealkylation sites (tertiary alicyclic amines) is 1. The lowest BCUT2D eigenvalue weighted by atomic mass is 10.2. The third-order valence-electron chi connectivity index (χ3n) is 3.02. The molecule has 1 aliphatic heterocycles. The molecule has 4 nitrogen and oxygen atoms in total. The highest BCUT2D eigenvalue weighted by molar-refractivity contribution is 6.31. The summed E-state index contributed by atoms with van der Waals surface area (Å²) < 4.78 is 5.39. The van der Waals surface area contributed by atoms with Crippen molar-refractivity contribution in [3.63, 3.8) is 0 Å². The van der Waals surface area contributed by atoms with E-state index >= 15 is 0 Å². The number of carbonyl (C=O) groups excluding carboxylic acids is 1. The van der Waals surface area contributed by atoms with Crippen LogP contribution in [0.1, 0.15) is 12.0 Å². The Balaban J connectivity index is 1.75. The van der Waals surface area contributed by atoms with Crippen LogP contribution in [0, 0.1) is 0 Å². The monoisotopic (exact) mass is 268 g/mol. The van der Waals surface area contributed by atoms with Gasteiger partial charge in [0.15, 0.2) is 0 Å². The lowest BCUT2D eigenvalue weighted by molar-refractivity contribution is -0.135. The Morgan fingerprint density at radius 3 is 2.94 bits per heavy atom. The molecule has 1 saturated heterocycles. The van der Waals surface area contributed by atoms with Crippen LogP contribution >= 0.6 is 11.6 Å². The molecule has 1 aromatic rings. The van der Waals surface area contributed by atoms with E-state index in [0.717, 1.165) is 18.5 Å². The molecule has 5 heteroatoms. The Hall–Kier alpha value is -1.10. The summed E-state index contributed by atoms with van der Waals surface area (Å²) in [5.74, 6) is -0.00463. The molecule has 0 spiro atoms. The van der Waals surface area contributed by atoms with Crippen LogP contribution in [-0.2, 0) is 16.1 Å². The molecular weight excluding hydrogens is 252 g/mol. The fourth-order valence-corrected chi connectivity index (χ4v) is 2.16. The molecule has 1 fully saturated rings. The van der Waals surface area contributed by atoms with Gasteiger partial charge in [-0.1, -0.05) is 29.8 Å². The normalized spacial score (nSPS) is 19.2. The highest BCUT2D eigenvalue weighted by Gasteiger charge is 2.23. The van der Waals surface area contributed by atoms with E-state index in [1.165, 1.54) is 0 Å². The van der Waals surface area contributed by atoms with E-state index in [1.807, 2.05) is 24.3 Å². The average Bonchev–Trinajstić information content (AvgIpc) is 2.78. The zero-order valence-corrected chi connectivity index (χ0v) is 10.9. The van der Waals surface area contributed by atoms with Gasteiger partial charge in [0.2, 0.25) is 5.91 Å². The number of rotatable bonds is 4. The van der Waals surface area contributed by atoms with E-state index in [2.05, 4.69) is 0 Å². The highest BCUT2D eigenvalue weighted by atomic mass is 35.5. The third-order valence-corrected chi connectivity index (χ3v) is 3.39. The first-order valence-corrected chi connectivity index (χ1v) is 6.39. The Morgan fingerprint density at radius 2 is 2.28 bits per heavy atom. The van der Waals surface area contributed by atoms with Crippen molar-refractivity contribution >= 4 is 17.5 Å². The van der Waals surface area contributed by atoms with Crippen molar-refractivity contribution < 1.29 is 9.53 Å². The summed E-state index contributed by atoms with van der Waals surface area (Å²) in [7, 11) is 0. The molecule has 1 amide bonds. The average molecular weight is 269 g/mol. The van der Waals surface area contributed by atoms with Gasteiger partial charge in [0.05, 0.1) is 6.61 Å². The second-order valence-electron chi connectivity index (χ2n) is 4.47. The number of nitrogens with zero attached hydrogens (tertiary/aromatic N) is 1. The first kappa shape index (κ1) is 13.3. The number of ether oxygens (including phenoxy) is 1. The van der Waals surface area contributed by atoms with Gasteiger partial charge >= 0.3 is 0 Å². The summed E-state index contributed by atoms with van der Waals surface area (Å²) in [6, 6.07) is 7.56. The Morgan fingerprint density at radius 1 is 1.50 bits per heavy atom. The van der Waals surface area contributed by atoms with Crippen molar-refractivity contribution in [1.29, 1.82) is 0 Å². The predicted octanol–water partition coefficient (Wildman–Crippen LogP) is 1.42. The van der Waals surface area contributed by atoms with E-state index in [9.17, 15) is 4.79 Å². The van der Waals surface area contributed by atoms with E-state index < -0.39 is 0 Å². The van der Waals surface area contributed by atoms with E-state index in [4.69, 9.17) is 22.1 Å². The first-order chi connectivity index (χ1) is 8.66. The summed E-state index contributed by atoms with van der Waals surface area (Å²) in [4.78, 5) is 13.5. The van der Waals surface area contributed by atoms with Gasteiger partial charge in [-0.3, -0.25) is 4.79 Å². The van der Waals surface area contributed by atoms with Crippen LogP contribution in [-0.4, -0.2) is 36.5 Å². The maximum absolute atomic E-state index is 11.8. The first-order valence-electron chi connectivity index (χ1n) is 6.01. The van der Waals surface area contributed by atoms with Gasteiger partial charge in [0.1, 0.15) is 6.61 Å². The van der Waals surface area contributed by atoms with Gasteiger partial charge in [-0.25, -0.2) is 0 Å². The predicted molar refractivity (Wildman–Crippen MR) is 70.3 cm³/mol. The van der Waals surface area contributed by atoms with Crippen LogP contribution in [0.15, 0.2) is 24.3 Å². The SMILES string of the molecule is N[C@H]1CCN(C(=O)COCc2ccccc2Cl)C1. The molecule has 18 heavy (non-hydrogen) atoms. The quantitative estimate of drug-likeness (QED) is 0.898. The van der Waals surface area contributed by atoms with Crippen LogP contribution in [0.25, 0.3) is 0 Å². The minimum Gasteiger partial charge on any atom is -0.367 e. The van der Waals surface area contributed by atoms with E-state index in [-0.39, 0.29) is 18.6 Å². The van der Waals surface area contributed by atoms with E-state index in [1.54, 1.807) is 4.90 Å². The zero-order chi connectivity index (χ0) is 13.0. The number of benzene rings is 1. The van der Waals surface area contributed by atoms with Crippen LogP contribution in [0.5, 0.6) is 0 Å². The van der Waals surface area contributed by atoms with Crippen molar-refractivity contribution in [2.45, 2.75) is 19.1 Å². The molecule has 0 aromatic heterocycles. The molecule has 0 unspecified atom stereocenters. The molecule has 1 aromatic carbocycles. The third kappa shape index (κ3) is 3.45. The standard InChI is InChI=1S/C13H17ClN2O2/c14-12-4-2-1-3-10(12)8-18-9-13(17)16-6-5-11(15)7-16/h1-4,11H,5-9,15H2/t11-/m0/s1. The summed E-state index contributed by atoms with van der Waals surface area (Å²) >= 11 is 5.99. The summed E-state index contributed by atoms with van der Waals surface area (Å²) in [5, 5.41) is 0.660. The fourth-order valence-electron chi connectivity index (χ4n) is 1.97. The molecular formula is C13H17ClN2O2. The molecule has 1 atom stereocenters. The minimum atomic E-state index is -0.00463. The summed E-state index contributed by atoms with van der Waals surface area (Å²) in [5.41, 5.74) is 6.64. The molecule has 0 aliphatic carbocycles. The molecule has 2 N–H and O–H groups in total. The maximum atomic E-state index is 11.8. The van der Waals surface area contributed by atoms with Crippen molar-refractivity contribution in [3.8, 4) is 0 Å². The van der Waals surface area contributed by atoms with Gasteiger partial charge in [-0.05, 0) is 18.1 Å². The second-order valence-corrected chi connectivity index (χ2v) is 4.88. The second kappa shape index (κ2) is 6.18. The molecule has 0 bridgehead atoms. The Bertz CT molecular complexity index is 425. The fraction of sp³-hybridized carbons (Fsp3) is 0.462. The lowest BCUT2D eigenvalue weighted by Crippen LogP contribution is -2.34. The van der Waals surface area contributed by atoms with Gasteiger partial charge in [-0.2, -0.15) is 0 Å². The highest BCUT2D eigenvalue weighted by Crippen LogP contribution is 2.15. The Kier molecular flexibility index (Phi) is 4.58. The maximum Gasteiger partial charge on any atom is 0.248 e. The van der Waals surface area contributed by atoms with Gasteiger partial charge in [-0.15, -0.1) is 0 Å².